The topological polar surface area (TPSA) is 76.1 Å². The van der Waals surface area contributed by atoms with Crippen molar-refractivity contribution in [1.29, 1.82) is 0 Å². The minimum Gasteiger partial charge on any atom is -0.507 e. The van der Waals surface area contributed by atoms with Gasteiger partial charge in [-0.1, -0.05) is 66.9 Å². The minimum absolute atomic E-state index is 0.0990. The maximum absolute atomic E-state index is 13.4. The van der Waals surface area contributed by atoms with Gasteiger partial charge in [0.05, 0.1) is 35.9 Å². The molecule has 1 fully saturated rings. The lowest BCUT2D eigenvalue weighted by atomic mass is 9.94. The molecule has 1 aliphatic rings. The van der Waals surface area contributed by atoms with Crippen molar-refractivity contribution < 1.29 is 24.2 Å². The number of carbonyl (C=O) groups is 2. The molecule has 8 heteroatoms. The van der Waals surface area contributed by atoms with E-state index in [2.05, 4.69) is 13.8 Å². The van der Waals surface area contributed by atoms with Crippen LogP contribution in [0.2, 0.25) is 10.0 Å². The molecular weight excluding hydrogens is 513 g/mol. The van der Waals surface area contributed by atoms with Crippen LogP contribution >= 0.6 is 23.2 Å². The van der Waals surface area contributed by atoms with E-state index in [0.717, 1.165) is 5.56 Å². The first-order chi connectivity index (χ1) is 17.6. The molecule has 0 saturated carbocycles. The van der Waals surface area contributed by atoms with Gasteiger partial charge in [-0.15, -0.1) is 0 Å². The number of aliphatic hydroxyl groups excluding tert-OH is 1. The molecule has 3 aromatic carbocycles. The number of Topliss-reactive ketones (excluding diaryl/α,β-unsaturated/α-hetero) is 1. The minimum atomic E-state index is -0.913. The molecule has 0 spiro atoms. The fraction of sp³-hybridized carbons (Fsp3) is 0.241. The number of methoxy groups -OCH3 is 1. The van der Waals surface area contributed by atoms with Gasteiger partial charge in [0.2, 0.25) is 0 Å². The first-order valence-corrected chi connectivity index (χ1v) is 12.5. The third-order valence-corrected chi connectivity index (χ3v) is 6.50. The van der Waals surface area contributed by atoms with Crippen molar-refractivity contribution in [3.63, 3.8) is 0 Å². The summed E-state index contributed by atoms with van der Waals surface area (Å²) in [4.78, 5) is 28.2. The van der Waals surface area contributed by atoms with E-state index in [4.69, 9.17) is 32.7 Å². The zero-order chi connectivity index (χ0) is 26.9. The zero-order valence-electron chi connectivity index (χ0n) is 20.9. The molecule has 4 rings (SSSR count). The van der Waals surface area contributed by atoms with E-state index in [-0.39, 0.29) is 26.9 Å². The first kappa shape index (κ1) is 26.6. The molecule has 1 amide bonds. The fourth-order valence-corrected chi connectivity index (χ4v) is 4.79. The van der Waals surface area contributed by atoms with Crippen molar-refractivity contribution in [3.8, 4) is 11.5 Å². The molecule has 37 heavy (non-hydrogen) atoms. The number of aryl methyl sites for hydroxylation is 1. The summed E-state index contributed by atoms with van der Waals surface area (Å²) < 4.78 is 11.2. The van der Waals surface area contributed by atoms with Crippen LogP contribution in [0, 0.1) is 12.8 Å². The lowest BCUT2D eigenvalue weighted by Gasteiger charge is -2.26. The van der Waals surface area contributed by atoms with Gasteiger partial charge < -0.3 is 14.6 Å². The van der Waals surface area contributed by atoms with Crippen molar-refractivity contribution >= 4 is 46.3 Å². The molecule has 192 valence electrons. The second-order valence-corrected chi connectivity index (χ2v) is 10.1. The summed E-state index contributed by atoms with van der Waals surface area (Å²) in [6, 6.07) is 16.4. The molecule has 0 bridgehead atoms. The highest BCUT2D eigenvalue weighted by Crippen LogP contribution is 2.45. The van der Waals surface area contributed by atoms with E-state index in [1.54, 1.807) is 36.4 Å². The van der Waals surface area contributed by atoms with Crippen molar-refractivity contribution in [2.45, 2.75) is 26.8 Å². The summed E-state index contributed by atoms with van der Waals surface area (Å²) in [5.74, 6) is -0.870. The van der Waals surface area contributed by atoms with Gasteiger partial charge in [-0.25, -0.2) is 0 Å². The summed E-state index contributed by atoms with van der Waals surface area (Å²) >= 11 is 12.5. The van der Waals surface area contributed by atoms with Crippen LogP contribution in [0.1, 0.15) is 36.6 Å². The van der Waals surface area contributed by atoms with E-state index in [9.17, 15) is 14.7 Å². The van der Waals surface area contributed by atoms with Crippen LogP contribution in [0.3, 0.4) is 0 Å². The van der Waals surface area contributed by atoms with E-state index in [0.29, 0.717) is 29.5 Å². The third-order valence-electron chi connectivity index (χ3n) is 6.00. The lowest BCUT2D eigenvalue weighted by Crippen LogP contribution is -2.29. The SMILES string of the molecule is COc1c(Cl)cc(Cl)cc1/C(O)=C1\C(=O)C(=O)N(c2ccc(C)cc2)C1c1ccc(OCC(C)C)cc1. The number of amides is 1. The van der Waals surface area contributed by atoms with Crippen LogP contribution in [0.4, 0.5) is 5.69 Å². The number of anilines is 1. The molecule has 1 saturated heterocycles. The summed E-state index contributed by atoms with van der Waals surface area (Å²) in [6.45, 7) is 6.59. The molecule has 1 unspecified atom stereocenters. The zero-order valence-corrected chi connectivity index (χ0v) is 22.4. The van der Waals surface area contributed by atoms with Gasteiger partial charge in [0.15, 0.2) is 0 Å². The Hall–Kier alpha value is -3.48. The number of aliphatic hydroxyl groups is 1. The van der Waals surface area contributed by atoms with E-state index >= 15 is 0 Å². The van der Waals surface area contributed by atoms with Crippen molar-refractivity contribution in [2.75, 3.05) is 18.6 Å². The fourth-order valence-electron chi connectivity index (χ4n) is 4.22. The predicted octanol–water partition coefficient (Wildman–Crippen LogP) is 6.97. The Bertz CT molecular complexity index is 1360. The quantitative estimate of drug-likeness (QED) is 0.199. The van der Waals surface area contributed by atoms with Gasteiger partial charge in [0, 0.05) is 10.7 Å². The monoisotopic (exact) mass is 539 g/mol. The highest BCUT2D eigenvalue weighted by molar-refractivity contribution is 6.52. The van der Waals surface area contributed by atoms with Gasteiger partial charge in [-0.05, 0) is 54.8 Å². The third kappa shape index (κ3) is 5.31. The number of benzene rings is 3. The van der Waals surface area contributed by atoms with Crippen LogP contribution in [0.5, 0.6) is 11.5 Å². The Balaban J connectivity index is 1.91. The van der Waals surface area contributed by atoms with E-state index in [1.165, 1.54) is 24.1 Å². The molecular formula is C29H27Cl2NO5. The van der Waals surface area contributed by atoms with Crippen LogP contribution < -0.4 is 14.4 Å². The van der Waals surface area contributed by atoms with Gasteiger partial charge >= 0.3 is 0 Å². The summed E-state index contributed by atoms with van der Waals surface area (Å²) in [7, 11) is 1.39. The van der Waals surface area contributed by atoms with Gasteiger partial charge in [0.25, 0.3) is 11.7 Å². The number of halogens is 2. The highest BCUT2D eigenvalue weighted by atomic mass is 35.5. The normalized spacial score (nSPS) is 16.9. The number of ether oxygens (including phenoxy) is 2. The van der Waals surface area contributed by atoms with Crippen molar-refractivity contribution in [2.24, 2.45) is 5.92 Å². The molecule has 3 aromatic rings. The molecule has 1 N–H and O–H groups in total. The number of carbonyl (C=O) groups excluding carboxylic acids is 2. The first-order valence-electron chi connectivity index (χ1n) is 11.8. The van der Waals surface area contributed by atoms with E-state index in [1.807, 2.05) is 19.1 Å². The maximum atomic E-state index is 13.4. The molecule has 0 aliphatic carbocycles. The van der Waals surface area contributed by atoms with Crippen LogP contribution in [0.15, 0.2) is 66.2 Å². The average molecular weight is 540 g/mol. The van der Waals surface area contributed by atoms with Crippen molar-refractivity contribution in [3.05, 3.63) is 93.0 Å². The van der Waals surface area contributed by atoms with Crippen molar-refractivity contribution in [1.82, 2.24) is 0 Å². The van der Waals surface area contributed by atoms with Gasteiger partial charge in [-0.3, -0.25) is 14.5 Å². The Morgan fingerprint density at radius 1 is 1.03 bits per heavy atom. The molecule has 6 nitrogen and oxygen atoms in total. The highest BCUT2D eigenvalue weighted by Gasteiger charge is 2.47. The Kier molecular flexibility index (Phi) is 7.81. The number of nitrogens with zero attached hydrogens (tertiary/aromatic N) is 1. The summed E-state index contributed by atoms with van der Waals surface area (Å²) in [6.07, 6.45) is 0. The van der Waals surface area contributed by atoms with Gasteiger partial charge in [0.1, 0.15) is 17.3 Å². The Morgan fingerprint density at radius 3 is 2.27 bits per heavy atom. The summed E-state index contributed by atoms with van der Waals surface area (Å²) in [5.41, 5.74) is 2.15. The number of hydrogen-bond acceptors (Lipinski definition) is 5. The number of hydrogen-bond donors (Lipinski definition) is 1. The Labute approximate surface area is 226 Å². The second-order valence-electron chi connectivity index (χ2n) is 9.25. The molecule has 1 heterocycles. The molecule has 1 atom stereocenters. The predicted molar refractivity (Wildman–Crippen MR) is 146 cm³/mol. The summed E-state index contributed by atoms with van der Waals surface area (Å²) in [5, 5.41) is 11.9. The van der Waals surface area contributed by atoms with E-state index < -0.39 is 23.5 Å². The van der Waals surface area contributed by atoms with Crippen LogP contribution in [-0.4, -0.2) is 30.5 Å². The molecule has 0 radical (unpaired) electrons. The largest absolute Gasteiger partial charge is 0.507 e. The number of ketones is 1. The second kappa shape index (κ2) is 10.9. The number of rotatable bonds is 7. The standard InChI is InChI=1S/C29H27Cl2NO5/c1-16(2)15-37-21-11-7-18(8-12-21)25-24(26(33)22-13-19(30)14-23(31)28(22)36-4)27(34)29(35)32(25)20-9-5-17(3)6-10-20/h5-14,16,25,33H,15H2,1-4H3/b26-24+. The maximum Gasteiger partial charge on any atom is 0.300 e. The average Bonchev–Trinajstić information content (AvgIpc) is 3.13. The van der Waals surface area contributed by atoms with Gasteiger partial charge in [-0.2, -0.15) is 0 Å². The van der Waals surface area contributed by atoms with Crippen LogP contribution in [0.25, 0.3) is 5.76 Å². The Morgan fingerprint density at radius 2 is 1.68 bits per heavy atom. The lowest BCUT2D eigenvalue weighted by molar-refractivity contribution is -0.132. The molecule has 0 aromatic heterocycles. The smallest absolute Gasteiger partial charge is 0.300 e. The molecule has 1 aliphatic heterocycles. The van der Waals surface area contributed by atoms with Crippen LogP contribution in [-0.2, 0) is 9.59 Å².